The van der Waals surface area contributed by atoms with E-state index in [0.717, 1.165) is 45.0 Å². The van der Waals surface area contributed by atoms with Gasteiger partial charge >= 0.3 is 0 Å². The second kappa shape index (κ2) is 10.9. The quantitative estimate of drug-likeness (QED) is 0.0427. The molecule has 1 aromatic heterocycles. The molecule has 0 bridgehead atoms. The Morgan fingerprint density at radius 3 is 1.78 bits per heavy atom. The van der Waals surface area contributed by atoms with Crippen molar-refractivity contribution in [1.82, 2.24) is 0 Å². The van der Waals surface area contributed by atoms with Gasteiger partial charge in [-0.25, -0.2) is 0 Å². The molecule has 0 saturated carbocycles. The van der Waals surface area contributed by atoms with Gasteiger partial charge in [0, 0.05) is 50.0 Å². The van der Waals surface area contributed by atoms with Crippen molar-refractivity contribution in [1.29, 1.82) is 0 Å². The van der Waals surface area contributed by atoms with Crippen molar-refractivity contribution in [2.24, 2.45) is 0 Å². The smallest absolute Gasteiger partial charge is 0.204 e. The van der Waals surface area contributed by atoms with Gasteiger partial charge < -0.3 is 40.2 Å². The first kappa shape index (κ1) is 30.3. The molecule has 0 fully saturated rings. The largest absolute Gasteiger partial charge is 0.508 e. The highest BCUT2D eigenvalue weighted by Crippen LogP contribution is 2.59. The highest BCUT2D eigenvalue weighted by atomic mass is 16.3. The zero-order valence-electron chi connectivity index (χ0n) is 26.8. The third kappa shape index (κ3) is 4.28. The SMILES string of the molecule is [B]c1c(O)c(O)c2c(-c3ccc4oc5c(c4c3)C=CCC5)c3c(O)c(O)c(O)c(O)c3c(-c3ccc(-c4ccc5ccccc5c4)cc3)c2c1O. The van der Waals surface area contributed by atoms with Gasteiger partial charge in [0.2, 0.25) is 11.5 Å². The van der Waals surface area contributed by atoms with Crippen LogP contribution in [-0.2, 0) is 6.42 Å². The molecule has 1 aliphatic carbocycles. The van der Waals surface area contributed by atoms with Gasteiger partial charge in [0.15, 0.2) is 23.0 Å². The van der Waals surface area contributed by atoms with Crippen molar-refractivity contribution >= 4 is 62.7 Å². The fourth-order valence-corrected chi connectivity index (χ4v) is 7.53. The van der Waals surface area contributed by atoms with Crippen molar-refractivity contribution < 1.29 is 40.2 Å². The summed E-state index contributed by atoms with van der Waals surface area (Å²) in [5, 5.41) is 81.6. The number of hydrogen-bond donors (Lipinski definition) is 7. The molecule has 7 N–H and O–H groups in total. The fourth-order valence-electron chi connectivity index (χ4n) is 7.53. The molecule has 0 unspecified atom stereocenters. The van der Waals surface area contributed by atoms with Crippen molar-refractivity contribution in [3.05, 3.63) is 102 Å². The lowest BCUT2D eigenvalue weighted by Gasteiger charge is -2.23. The van der Waals surface area contributed by atoms with Gasteiger partial charge in [-0.05, 0) is 63.1 Å². The van der Waals surface area contributed by atoms with E-state index in [1.807, 2.05) is 60.7 Å². The maximum absolute atomic E-state index is 11.7. The topological polar surface area (TPSA) is 155 Å². The number of benzene rings is 7. The molecule has 8 aromatic rings. The summed E-state index contributed by atoms with van der Waals surface area (Å²) >= 11 is 0. The molecular weight excluding hydrogens is 643 g/mol. The maximum Gasteiger partial charge on any atom is 0.204 e. The van der Waals surface area contributed by atoms with Gasteiger partial charge in [-0.2, -0.15) is 0 Å². The number of aryl methyl sites for hydroxylation is 1. The van der Waals surface area contributed by atoms with Crippen molar-refractivity contribution in [3.63, 3.8) is 0 Å². The fraction of sp³-hybridized carbons (Fsp3) is 0.0476. The predicted molar refractivity (Wildman–Crippen MR) is 199 cm³/mol. The van der Waals surface area contributed by atoms with Crippen LogP contribution >= 0.6 is 0 Å². The van der Waals surface area contributed by atoms with E-state index in [2.05, 4.69) is 6.07 Å². The summed E-state index contributed by atoms with van der Waals surface area (Å²) in [7, 11) is 6.15. The molecule has 0 amide bonds. The minimum atomic E-state index is -0.994. The van der Waals surface area contributed by atoms with Crippen LogP contribution < -0.4 is 5.46 Å². The summed E-state index contributed by atoms with van der Waals surface area (Å²) in [6.07, 6.45) is 5.52. The molecule has 7 aromatic carbocycles. The second-order valence-electron chi connectivity index (χ2n) is 12.8. The average Bonchev–Trinajstić information content (AvgIpc) is 3.54. The monoisotopic (exact) mass is 670 g/mol. The van der Waals surface area contributed by atoms with Gasteiger partial charge in [0.05, 0.1) is 0 Å². The van der Waals surface area contributed by atoms with Crippen molar-refractivity contribution in [3.8, 4) is 73.6 Å². The van der Waals surface area contributed by atoms with Gasteiger partial charge in [-0.3, -0.25) is 0 Å². The van der Waals surface area contributed by atoms with E-state index in [4.69, 9.17) is 12.3 Å². The summed E-state index contributed by atoms with van der Waals surface area (Å²) in [5.41, 5.74) is 3.62. The number of hydrogen-bond acceptors (Lipinski definition) is 8. The van der Waals surface area contributed by atoms with Gasteiger partial charge in [-0.1, -0.05) is 78.9 Å². The molecular formula is C42H27BO8. The lowest BCUT2D eigenvalue weighted by Crippen LogP contribution is -2.06. The molecule has 0 saturated heterocycles. The van der Waals surface area contributed by atoms with Crippen LogP contribution in [0.25, 0.3) is 82.7 Å². The Morgan fingerprint density at radius 1 is 0.510 bits per heavy atom. The Balaban J connectivity index is 1.40. The van der Waals surface area contributed by atoms with Gasteiger partial charge in [0.25, 0.3) is 0 Å². The molecule has 0 aliphatic heterocycles. The molecule has 51 heavy (non-hydrogen) atoms. The van der Waals surface area contributed by atoms with Crippen LogP contribution in [-0.4, -0.2) is 43.6 Å². The van der Waals surface area contributed by atoms with Crippen LogP contribution in [0, 0.1) is 0 Å². The van der Waals surface area contributed by atoms with Crippen LogP contribution in [0.5, 0.6) is 40.2 Å². The molecule has 0 atom stereocenters. The van der Waals surface area contributed by atoms with E-state index in [0.29, 0.717) is 23.1 Å². The van der Waals surface area contributed by atoms with Crippen LogP contribution in [0.4, 0.5) is 0 Å². The number of aromatic hydroxyl groups is 7. The lowest BCUT2D eigenvalue weighted by molar-refractivity contribution is 0.351. The third-order valence-corrected chi connectivity index (χ3v) is 10.0. The average molecular weight is 670 g/mol. The Morgan fingerprint density at radius 2 is 1.08 bits per heavy atom. The lowest BCUT2D eigenvalue weighted by atomic mass is 9.80. The van der Waals surface area contributed by atoms with Gasteiger partial charge in [0.1, 0.15) is 24.9 Å². The number of phenolic OH excluding ortho intramolecular Hbond substituents is 7. The molecule has 2 radical (unpaired) electrons. The summed E-state index contributed by atoms with van der Waals surface area (Å²) < 4.78 is 6.09. The van der Waals surface area contributed by atoms with E-state index >= 15 is 0 Å². The second-order valence-corrected chi connectivity index (χ2v) is 12.8. The molecule has 0 spiro atoms. The van der Waals surface area contributed by atoms with Gasteiger partial charge in [-0.15, -0.1) is 0 Å². The van der Waals surface area contributed by atoms with Crippen LogP contribution in [0.1, 0.15) is 17.7 Å². The van der Waals surface area contributed by atoms with Crippen LogP contribution in [0.2, 0.25) is 0 Å². The normalized spacial score (nSPS) is 12.7. The van der Waals surface area contributed by atoms with E-state index in [9.17, 15) is 35.7 Å². The molecule has 9 rings (SSSR count). The van der Waals surface area contributed by atoms with E-state index in [1.165, 1.54) is 0 Å². The molecule has 8 nitrogen and oxygen atoms in total. The number of phenols is 7. The standard InChI is InChI=1S/C42H27BO8/c43-35-36(44)31-29(21-12-9-20(10-13-21)23-14-11-19-5-1-2-6-22(19)17-23)32-34(39(47)42(50)41(49)38(32)46)30(33(31)37(45)40(35)48)24-15-16-28-26(18-24)25-7-3-4-8-27(25)51-28/h1-3,5-7,9-18,44-50H,4,8H2. The van der Waals surface area contributed by atoms with E-state index in [-0.39, 0.29) is 32.7 Å². The minimum absolute atomic E-state index is 0.0411. The first-order valence-corrected chi connectivity index (χ1v) is 16.3. The van der Waals surface area contributed by atoms with E-state index in [1.54, 1.807) is 30.3 Å². The highest BCUT2D eigenvalue weighted by Gasteiger charge is 2.31. The first-order valence-electron chi connectivity index (χ1n) is 16.3. The number of allylic oxidation sites excluding steroid dienone is 1. The summed E-state index contributed by atoms with van der Waals surface area (Å²) in [6, 6.07) is 26.4. The first-order chi connectivity index (χ1) is 24.6. The Labute approximate surface area is 291 Å². The zero-order valence-corrected chi connectivity index (χ0v) is 26.8. The summed E-state index contributed by atoms with van der Waals surface area (Å²) in [5.74, 6) is -4.86. The Kier molecular flexibility index (Phi) is 6.47. The minimum Gasteiger partial charge on any atom is -0.508 e. The Hall–Kier alpha value is -6.74. The maximum atomic E-state index is 11.7. The number of rotatable bonds is 3. The predicted octanol–water partition coefficient (Wildman–Crippen LogP) is 8.59. The molecule has 9 heteroatoms. The number of furan rings is 1. The zero-order chi connectivity index (χ0) is 35.3. The number of fused-ring (bicyclic) bond motifs is 6. The molecule has 246 valence electrons. The highest BCUT2D eigenvalue weighted by molar-refractivity contribution is 6.41. The summed E-state index contributed by atoms with van der Waals surface area (Å²) in [4.78, 5) is 0. The van der Waals surface area contributed by atoms with Crippen LogP contribution in [0.15, 0.2) is 95.4 Å². The van der Waals surface area contributed by atoms with E-state index < -0.39 is 45.7 Å². The summed E-state index contributed by atoms with van der Waals surface area (Å²) in [6.45, 7) is 0. The van der Waals surface area contributed by atoms with Crippen molar-refractivity contribution in [2.75, 3.05) is 0 Å². The Bertz CT molecular complexity index is 2750. The third-order valence-electron chi connectivity index (χ3n) is 10.0. The van der Waals surface area contributed by atoms with Crippen molar-refractivity contribution in [2.45, 2.75) is 12.8 Å². The van der Waals surface area contributed by atoms with Crippen LogP contribution in [0.3, 0.4) is 0 Å². The molecule has 1 heterocycles. The molecule has 1 aliphatic rings.